The molecule has 0 fully saturated rings. The zero-order valence-electron chi connectivity index (χ0n) is 16.1. The summed E-state index contributed by atoms with van der Waals surface area (Å²) in [6.07, 6.45) is 1.34. The third kappa shape index (κ3) is 4.76. The van der Waals surface area contributed by atoms with Crippen LogP contribution in [0, 0.1) is 0 Å². The summed E-state index contributed by atoms with van der Waals surface area (Å²) in [5, 5.41) is 5.71. The number of nitrogens with zero attached hydrogens (tertiary/aromatic N) is 2. The number of halogens is 4. The molecule has 162 valence electrons. The number of fused-ring (bicyclic) bond motifs is 1. The lowest BCUT2D eigenvalue weighted by molar-refractivity contribution is 0.304. The molecule has 0 aliphatic rings. The molecule has 1 aromatic heterocycles. The second-order valence-corrected chi connectivity index (χ2v) is 8.79. The van der Waals surface area contributed by atoms with Gasteiger partial charge in [-0.15, -0.1) is 4.68 Å². The van der Waals surface area contributed by atoms with E-state index in [0.717, 1.165) is 10.2 Å². The summed E-state index contributed by atoms with van der Waals surface area (Å²) in [5.41, 5.74) is 0.490. The lowest BCUT2D eigenvalue weighted by Gasteiger charge is -2.12. The first-order valence-electron chi connectivity index (χ1n) is 9.17. The summed E-state index contributed by atoms with van der Waals surface area (Å²) >= 11 is 21.6. The predicted octanol–water partition coefficient (Wildman–Crippen LogP) is 5.87. The van der Waals surface area contributed by atoms with Crippen molar-refractivity contribution in [2.24, 2.45) is 5.10 Å². The van der Waals surface area contributed by atoms with Gasteiger partial charge in [0.15, 0.2) is 0 Å². The van der Waals surface area contributed by atoms with E-state index >= 15 is 0 Å². The fourth-order valence-electron chi connectivity index (χ4n) is 2.99. The van der Waals surface area contributed by atoms with Crippen LogP contribution in [0.4, 0.5) is 0 Å². The first-order chi connectivity index (χ1) is 15.3. The molecule has 3 aromatic carbocycles. The first kappa shape index (κ1) is 22.6. The van der Waals surface area contributed by atoms with E-state index in [4.69, 9.17) is 39.5 Å². The van der Waals surface area contributed by atoms with Crippen molar-refractivity contribution in [2.45, 2.75) is 6.61 Å². The summed E-state index contributed by atoms with van der Waals surface area (Å²) in [6.45, 7) is 0.189. The quantitative estimate of drug-likeness (QED) is 0.314. The van der Waals surface area contributed by atoms with Crippen LogP contribution in [-0.4, -0.2) is 15.9 Å². The van der Waals surface area contributed by atoms with E-state index in [1.54, 1.807) is 54.6 Å². The van der Waals surface area contributed by atoms with Crippen LogP contribution in [0.15, 0.2) is 73.8 Å². The Morgan fingerprint density at radius 3 is 2.59 bits per heavy atom. The standard InChI is InChI=1S/C22H13BrCl3N3O3/c23-16-9-14(24)8-13(20(16)32-11-12-5-6-17(25)18(26)7-12)10-27-29-21(30)15-3-1-2-4-19(15)28-22(29)31/h1-10H,11H2,(H,28,31). The number of H-pyrrole nitrogens is 1. The van der Waals surface area contributed by atoms with Gasteiger partial charge in [-0.3, -0.25) is 4.79 Å². The Balaban J connectivity index is 1.70. The van der Waals surface area contributed by atoms with E-state index in [2.05, 4.69) is 26.0 Å². The maximum absolute atomic E-state index is 12.7. The Morgan fingerprint density at radius 2 is 1.81 bits per heavy atom. The average molecular weight is 554 g/mol. The minimum absolute atomic E-state index is 0.189. The molecule has 1 N–H and O–H groups in total. The molecule has 0 radical (unpaired) electrons. The highest BCUT2D eigenvalue weighted by Gasteiger charge is 2.12. The molecule has 0 spiro atoms. The van der Waals surface area contributed by atoms with Gasteiger partial charge in [-0.1, -0.05) is 53.0 Å². The molecule has 0 saturated heterocycles. The molecule has 0 atom stereocenters. The number of para-hydroxylation sites is 1. The third-order valence-corrected chi connectivity index (χ3v) is 6.05. The molecule has 32 heavy (non-hydrogen) atoms. The van der Waals surface area contributed by atoms with Crippen molar-refractivity contribution >= 4 is 67.9 Å². The normalized spacial score (nSPS) is 11.4. The van der Waals surface area contributed by atoms with Crippen LogP contribution in [-0.2, 0) is 6.61 Å². The van der Waals surface area contributed by atoms with Gasteiger partial charge in [-0.2, -0.15) is 5.10 Å². The lowest BCUT2D eigenvalue weighted by atomic mass is 10.2. The first-order valence-corrected chi connectivity index (χ1v) is 11.1. The van der Waals surface area contributed by atoms with Crippen molar-refractivity contribution in [3.63, 3.8) is 0 Å². The second kappa shape index (κ2) is 9.50. The summed E-state index contributed by atoms with van der Waals surface area (Å²) in [4.78, 5) is 27.7. The fourth-order valence-corrected chi connectivity index (χ4v) is 4.26. The molecule has 10 heteroatoms. The minimum atomic E-state index is -0.663. The van der Waals surface area contributed by atoms with Crippen LogP contribution in [0.2, 0.25) is 15.1 Å². The van der Waals surface area contributed by atoms with E-state index < -0.39 is 11.2 Å². The van der Waals surface area contributed by atoms with Crippen LogP contribution < -0.4 is 16.0 Å². The van der Waals surface area contributed by atoms with Gasteiger partial charge in [0.05, 0.1) is 31.6 Å². The Labute approximate surface area is 205 Å². The molecule has 1 heterocycles. The van der Waals surface area contributed by atoms with Crippen molar-refractivity contribution in [3.05, 3.63) is 106 Å². The smallest absolute Gasteiger partial charge is 0.349 e. The summed E-state index contributed by atoms with van der Waals surface area (Å²) in [5.74, 6) is 0.425. The number of aromatic amines is 1. The molecule has 0 saturated carbocycles. The third-order valence-electron chi connectivity index (χ3n) is 4.50. The van der Waals surface area contributed by atoms with Gasteiger partial charge in [0.25, 0.3) is 5.56 Å². The van der Waals surface area contributed by atoms with Crippen LogP contribution in [0.3, 0.4) is 0 Å². The SMILES string of the molecule is O=c1[nH]c2ccccc2c(=O)n1N=Cc1cc(Cl)cc(Br)c1OCc1ccc(Cl)c(Cl)c1. The highest BCUT2D eigenvalue weighted by atomic mass is 79.9. The molecule has 4 aromatic rings. The van der Waals surface area contributed by atoms with Crippen molar-refractivity contribution in [3.8, 4) is 5.75 Å². The van der Waals surface area contributed by atoms with E-state index in [9.17, 15) is 9.59 Å². The number of hydrogen-bond acceptors (Lipinski definition) is 4. The monoisotopic (exact) mass is 551 g/mol. The van der Waals surface area contributed by atoms with Crippen molar-refractivity contribution in [2.75, 3.05) is 0 Å². The zero-order chi connectivity index (χ0) is 22.8. The highest BCUT2D eigenvalue weighted by Crippen LogP contribution is 2.33. The maximum Gasteiger partial charge on any atom is 0.349 e. The molecule has 6 nitrogen and oxygen atoms in total. The summed E-state index contributed by atoms with van der Waals surface area (Å²) in [6, 6.07) is 15.1. The molecular weight excluding hydrogens is 541 g/mol. The zero-order valence-corrected chi connectivity index (χ0v) is 20.0. The van der Waals surface area contributed by atoms with Gasteiger partial charge in [-0.25, -0.2) is 4.79 Å². The number of hydrogen-bond donors (Lipinski definition) is 1. The van der Waals surface area contributed by atoms with Gasteiger partial charge in [0, 0.05) is 10.6 Å². The number of aromatic nitrogens is 2. The van der Waals surface area contributed by atoms with Gasteiger partial charge >= 0.3 is 5.69 Å². The Bertz CT molecular complexity index is 1480. The van der Waals surface area contributed by atoms with Gasteiger partial charge in [0.1, 0.15) is 12.4 Å². The van der Waals surface area contributed by atoms with E-state index in [-0.39, 0.29) is 6.61 Å². The lowest BCUT2D eigenvalue weighted by Crippen LogP contribution is -2.32. The number of benzene rings is 3. The molecule has 0 aliphatic carbocycles. The number of nitrogens with one attached hydrogen (secondary N) is 1. The Morgan fingerprint density at radius 1 is 1.03 bits per heavy atom. The largest absolute Gasteiger partial charge is 0.487 e. The molecular formula is C22H13BrCl3N3O3. The summed E-state index contributed by atoms with van der Waals surface area (Å²) < 4.78 is 7.28. The average Bonchev–Trinajstić information content (AvgIpc) is 2.75. The van der Waals surface area contributed by atoms with Crippen LogP contribution in [0.5, 0.6) is 5.75 Å². The molecule has 4 rings (SSSR count). The fraction of sp³-hybridized carbons (Fsp3) is 0.0455. The molecule has 0 bridgehead atoms. The molecule has 0 unspecified atom stereocenters. The van der Waals surface area contributed by atoms with E-state index in [0.29, 0.717) is 41.8 Å². The van der Waals surface area contributed by atoms with Crippen LogP contribution in [0.25, 0.3) is 10.9 Å². The highest BCUT2D eigenvalue weighted by molar-refractivity contribution is 9.10. The maximum atomic E-state index is 12.7. The summed E-state index contributed by atoms with van der Waals surface area (Å²) in [7, 11) is 0. The van der Waals surface area contributed by atoms with Crippen molar-refractivity contribution in [1.82, 2.24) is 9.66 Å². The number of ether oxygens (including phenoxy) is 1. The Hall–Kier alpha value is -2.58. The predicted molar refractivity (Wildman–Crippen MR) is 132 cm³/mol. The minimum Gasteiger partial charge on any atom is -0.487 e. The van der Waals surface area contributed by atoms with Crippen molar-refractivity contribution in [1.29, 1.82) is 0 Å². The molecule has 0 aliphatic heterocycles. The van der Waals surface area contributed by atoms with E-state index in [1.165, 1.54) is 6.21 Å². The van der Waals surface area contributed by atoms with E-state index in [1.807, 2.05) is 0 Å². The number of rotatable bonds is 5. The van der Waals surface area contributed by atoms with Gasteiger partial charge in [0.2, 0.25) is 0 Å². The van der Waals surface area contributed by atoms with Gasteiger partial charge < -0.3 is 9.72 Å². The van der Waals surface area contributed by atoms with Crippen LogP contribution in [0.1, 0.15) is 11.1 Å². The molecule has 0 amide bonds. The van der Waals surface area contributed by atoms with Crippen molar-refractivity contribution < 1.29 is 4.74 Å². The van der Waals surface area contributed by atoms with Gasteiger partial charge in [-0.05, 0) is 57.9 Å². The second-order valence-electron chi connectivity index (χ2n) is 6.68. The Kier molecular flexibility index (Phi) is 6.71. The topological polar surface area (TPSA) is 76.5 Å². The van der Waals surface area contributed by atoms with Crippen LogP contribution >= 0.6 is 50.7 Å².